The van der Waals surface area contributed by atoms with Crippen molar-refractivity contribution in [2.75, 3.05) is 18.0 Å². The van der Waals surface area contributed by atoms with Crippen LogP contribution in [0.5, 0.6) is 0 Å². The molecule has 1 fully saturated rings. The zero-order chi connectivity index (χ0) is 17.2. The summed E-state index contributed by atoms with van der Waals surface area (Å²) < 4.78 is 0. The molecule has 0 radical (unpaired) electrons. The second-order valence-electron chi connectivity index (χ2n) is 6.61. The molecule has 1 atom stereocenters. The summed E-state index contributed by atoms with van der Waals surface area (Å²) in [5.41, 5.74) is 1.59. The number of rotatable bonds is 3. The van der Waals surface area contributed by atoms with E-state index in [-0.39, 0.29) is 17.9 Å². The summed E-state index contributed by atoms with van der Waals surface area (Å²) in [5.74, 6) is 0.640. The van der Waals surface area contributed by atoms with Crippen molar-refractivity contribution in [1.29, 1.82) is 0 Å². The van der Waals surface area contributed by atoms with Gasteiger partial charge >= 0.3 is 0 Å². The van der Waals surface area contributed by atoms with Crippen molar-refractivity contribution in [3.63, 3.8) is 0 Å². The molecular formula is C20H21N3O2. The molecule has 5 heteroatoms. The molecule has 0 saturated carbocycles. The molecule has 25 heavy (non-hydrogen) atoms. The number of amides is 2. The van der Waals surface area contributed by atoms with Gasteiger partial charge in [0, 0.05) is 24.8 Å². The first-order valence-electron chi connectivity index (χ1n) is 8.87. The van der Waals surface area contributed by atoms with E-state index in [0.717, 1.165) is 31.5 Å². The number of carbonyl (C=O) groups is 2. The van der Waals surface area contributed by atoms with Gasteiger partial charge in [0.1, 0.15) is 5.82 Å². The Morgan fingerprint density at radius 3 is 2.56 bits per heavy atom. The molecule has 2 aliphatic rings. The van der Waals surface area contributed by atoms with Crippen LogP contribution in [0.2, 0.25) is 0 Å². The molecule has 0 bridgehead atoms. The molecule has 0 N–H and O–H groups in total. The van der Waals surface area contributed by atoms with Crippen molar-refractivity contribution in [3.8, 4) is 0 Å². The zero-order valence-corrected chi connectivity index (χ0v) is 14.1. The van der Waals surface area contributed by atoms with Crippen molar-refractivity contribution in [1.82, 2.24) is 9.88 Å². The lowest BCUT2D eigenvalue weighted by molar-refractivity contribution is -0.132. The predicted octanol–water partition coefficient (Wildman–Crippen LogP) is 3.19. The number of nitrogens with zero attached hydrogens (tertiary/aromatic N) is 3. The fourth-order valence-corrected chi connectivity index (χ4v) is 3.79. The quantitative estimate of drug-likeness (QED) is 0.865. The summed E-state index contributed by atoms with van der Waals surface area (Å²) in [5, 5.41) is 0. The first-order valence-corrected chi connectivity index (χ1v) is 8.87. The van der Waals surface area contributed by atoms with E-state index in [1.54, 1.807) is 11.1 Å². The van der Waals surface area contributed by atoms with Crippen LogP contribution in [-0.2, 0) is 4.79 Å². The molecule has 1 saturated heterocycles. The average Bonchev–Trinajstić information content (AvgIpc) is 2.95. The van der Waals surface area contributed by atoms with Crippen molar-refractivity contribution in [2.24, 2.45) is 0 Å². The van der Waals surface area contributed by atoms with Crippen molar-refractivity contribution in [2.45, 2.75) is 31.7 Å². The standard InChI is InChI=1S/C20H21N3O2/c24-19(22-12-6-1-7-13-22)14-17-15-8-2-3-9-16(15)20(25)23(17)18-10-4-5-11-21-18/h2-5,8-11,17H,1,6-7,12-14H2. The number of piperidine rings is 1. The highest BCUT2D eigenvalue weighted by atomic mass is 16.2. The van der Waals surface area contributed by atoms with Gasteiger partial charge in [0.2, 0.25) is 5.91 Å². The Kier molecular flexibility index (Phi) is 4.22. The number of likely N-dealkylation sites (tertiary alicyclic amines) is 1. The summed E-state index contributed by atoms with van der Waals surface area (Å²) in [7, 11) is 0. The summed E-state index contributed by atoms with van der Waals surface area (Å²) in [4.78, 5) is 33.7. The Balaban J connectivity index is 1.66. The molecule has 128 valence electrons. The number of benzene rings is 1. The lowest BCUT2D eigenvalue weighted by Crippen LogP contribution is -2.38. The van der Waals surface area contributed by atoms with Gasteiger partial charge < -0.3 is 4.90 Å². The maximum absolute atomic E-state index is 12.9. The van der Waals surface area contributed by atoms with Crippen molar-refractivity contribution in [3.05, 3.63) is 59.8 Å². The Labute approximate surface area is 147 Å². The van der Waals surface area contributed by atoms with Crippen LogP contribution in [0.1, 0.15) is 47.6 Å². The molecule has 2 amide bonds. The molecule has 1 aromatic heterocycles. The zero-order valence-electron chi connectivity index (χ0n) is 14.1. The van der Waals surface area contributed by atoms with E-state index in [1.165, 1.54) is 6.42 Å². The molecule has 0 spiro atoms. The van der Waals surface area contributed by atoms with Crippen LogP contribution in [0.15, 0.2) is 48.7 Å². The first-order chi connectivity index (χ1) is 12.3. The largest absolute Gasteiger partial charge is 0.343 e. The first kappa shape index (κ1) is 15.8. The average molecular weight is 335 g/mol. The normalized spacial score (nSPS) is 19.8. The summed E-state index contributed by atoms with van der Waals surface area (Å²) in [6, 6.07) is 12.8. The third-order valence-electron chi connectivity index (χ3n) is 5.05. The van der Waals surface area contributed by atoms with Crippen molar-refractivity contribution >= 4 is 17.6 Å². The van der Waals surface area contributed by atoms with Crippen LogP contribution < -0.4 is 4.90 Å². The van der Waals surface area contributed by atoms with Crippen LogP contribution in [-0.4, -0.2) is 34.8 Å². The van der Waals surface area contributed by atoms with Gasteiger partial charge in [0.25, 0.3) is 5.91 Å². The second-order valence-corrected chi connectivity index (χ2v) is 6.61. The summed E-state index contributed by atoms with van der Waals surface area (Å²) >= 11 is 0. The van der Waals surface area contributed by atoms with Crippen molar-refractivity contribution < 1.29 is 9.59 Å². The van der Waals surface area contributed by atoms with E-state index >= 15 is 0 Å². The van der Waals surface area contributed by atoms with E-state index in [0.29, 0.717) is 17.8 Å². The Hall–Kier alpha value is -2.69. The third-order valence-corrected chi connectivity index (χ3v) is 5.05. The van der Waals surface area contributed by atoms with Crippen LogP contribution in [0.3, 0.4) is 0 Å². The molecule has 4 rings (SSSR count). The van der Waals surface area contributed by atoms with Gasteiger partial charge in [-0.3, -0.25) is 14.5 Å². The molecule has 1 aromatic carbocycles. The smallest absolute Gasteiger partial charge is 0.260 e. The van der Waals surface area contributed by atoms with Gasteiger partial charge in [-0.1, -0.05) is 24.3 Å². The van der Waals surface area contributed by atoms with E-state index < -0.39 is 0 Å². The molecule has 0 aliphatic carbocycles. The minimum absolute atomic E-state index is 0.0780. The lowest BCUT2D eigenvalue weighted by Gasteiger charge is -2.30. The van der Waals surface area contributed by atoms with Crippen LogP contribution in [0.25, 0.3) is 0 Å². The highest BCUT2D eigenvalue weighted by molar-refractivity contribution is 6.11. The third kappa shape index (κ3) is 2.90. The fourth-order valence-electron chi connectivity index (χ4n) is 3.79. The van der Waals surface area contributed by atoms with Gasteiger partial charge in [-0.2, -0.15) is 0 Å². The number of aromatic nitrogens is 1. The molecular weight excluding hydrogens is 314 g/mol. The maximum Gasteiger partial charge on any atom is 0.260 e. The molecule has 1 unspecified atom stereocenters. The highest BCUT2D eigenvalue weighted by Gasteiger charge is 2.39. The number of pyridine rings is 1. The Morgan fingerprint density at radius 1 is 1.04 bits per heavy atom. The second kappa shape index (κ2) is 6.67. The van der Waals surface area contributed by atoms with Gasteiger partial charge in [-0.25, -0.2) is 4.98 Å². The topological polar surface area (TPSA) is 53.5 Å². The number of carbonyl (C=O) groups excluding carboxylic acids is 2. The summed E-state index contributed by atoms with van der Waals surface area (Å²) in [6.45, 7) is 1.65. The van der Waals surface area contributed by atoms with Crippen LogP contribution in [0, 0.1) is 0 Å². The van der Waals surface area contributed by atoms with Crippen LogP contribution in [0.4, 0.5) is 5.82 Å². The van der Waals surface area contributed by atoms with E-state index in [4.69, 9.17) is 0 Å². The van der Waals surface area contributed by atoms with Crippen LogP contribution >= 0.6 is 0 Å². The predicted molar refractivity (Wildman–Crippen MR) is 95.3 cm³/mol. The fraction of sp³-hybridized carbons (Fsp3) is 0.350. The van der Waals surface area contributed by atoms with Gasteiger partial charge in [0.05, 0.1) is 12.5 Å². The van der Waals surface area contributed by atoms with Gasteiger partial charge in [0.15, 0.2) is 0 Å². The minimum Gasteiger partial charge on any atom is -0.343 e. The lowest BCUT2D eigenvalue weighted by atomic mass is 10.0. The number of fused-ring (bicyclic) bond motifs is 1. The monoisotopic (exact) mass is 335 g/mol. The van der Waals surface area contributed by atoms with E-state index in [2.05, 4.69) is 4.98 Å². The Bertz CT molecular complexity index is 785. The maximum atomic E-state index is 12.9. The molecule has 2 aromatic rings. The summed E-state index contributed by atoms with van der Waals surface area (Å²) in [6.07, 6.45) is 5.30. The van der Waals surface area contributed by atoms with E-state index in [9.17, 15) is 9.59 Å². The minimum atomic E-state index is -0.284. The number of hydrogen-bond donors (Lipinski definition) is 0. The number of hydrogen-bond acceptors (Lipinski definition) is 3. The SMILES string of the molecule is O=C(CC1c2ccccc2C(=O)N1c1ccccn1)N1CCCCC1. The number of anilines is 1. The molecule has 5 nitrogen and oxygen atoms in total. The van der Waals surface area contributed by atoms with Gasteiger partial charge in [-0.05, 0) is 43.0 Å². The van der Waals surface area contributed by atoms with E-state index in [1.807, 2.05) is 47.4 Å². The Morgan fingerprint density at radius 2 is 1.80 bits per heavy atom. The molecule has 2 aliphatic heterocycles. The highest BCUT2D eigenvalue weighted by Crippen LogP contribution is 2.38. The van der Waals surface area contributed by atoms with Gasteiger partial charge in [-0.15, -0.1) is 0 Å². The molecule has 3 heterocycles.